The number of nitrogens with two attached hydrogens (primary N) is 1. The first kappa shape index (κ1) is 25.9. The Kier molecular flexibility index (Phi) is 6.80. The summed E-state index contributed by atoms with van der Waals surface area (Å²) in [6.45, 7) is 0. The van der Waals surface area contributed by atoms with Gasteiger partial charge in [-0.2, -0.15) is 13.2 Å². The number of aromatic nitrogens is 1. The van der Waals surface area contributed by atoms with Crippen LogP contribution in [0.5, 0.6) is 0 Å². The van der Waals surface area contributed by atoms with Crippen LogP contribution in [0.2, 0.25) is 5.02 Å². The number of nitrogens with zero attached hydrogens (tertiary/aromatic N) is 2. The Labute approximate surface area is 226 Å². The van der Waals surface area contributed by atoms with Crippen LogP contribution in [-0.4, -0.2) is 16.8 Å². The van der Waals surface area contributed by atoms with E-state index in [4.69, 9.17) is 17.3 Å². The number of amides is 2. The minimum atomic E-state index is -4.66. The van der Waals surface area contributed by atoms with Crippen LogP contribution < -0.4 is 10.6 Å². The highest BCUT2D eigenvalue weighted by Gasteiger charge is 2.34. The van der Waals surface area contributed by atoms with Crippen LogP contribution >= 0.6 is 11.6 Å². The quantitative estimate of drug-likeness (QED) is 0.227. The molecule has 4 aromatic carbocycles. The van der Waals surface area contributed by atoms with Gasteiger partial charge in [0.1, 0.15) is 0 Å². The summed E-state index contributed by atoms with van der Waals surface area (Å²) < 4.78 is 41.6. The monoisotopic (exact) mass is 545 g/mol. The van der Waals surface area contributed by atoms with Gasteiger partial charge in [0.25, 0.3) is 0 Å². The van der Waals surface area contributed by atoms with E-state index in [2.05, 4.69) is 4.98 Å². The summed E-state index contributed by atoms with van der Waals surface area (Å²) in [5.74, 6) is -0.416. The largest absolute Gasteiger partial charge is 0.418 e. The number of anilines is 2. The number of ketones is 1. The predicted octanol–water partition coefficient (Wildman–Crippen LogP) is 8.02. The van der Waals surface area contributed by atoms with Crippen LogP contribution in [0.4, 0.5) is 29.3 Å². The van der Waals surface area contributed by atoms with Gasteiger partial charge in [0, 0.05) is 28.3 Å². The van der Waals surface area contributed by atoms with Gasteiger partial charge in [-0.1, -0.05) is 78.3 Å². The van der Waals surface area contributed by atoms with E-state index in [-0.39, 0.29) is 27.1 Å². The molecule has 2 N–H and O–H groups in total. The van der Waals surface area contributed by atoms with Gasteiger partial charge in [0.2, 0.25) is 0 Å². The number of hydrogen-bond acceptors (Lipinski definition) is 3. The zero-order chi connectivity index (χ0) is 27.7. The van der Waals surface area contributed by atoms with Gasteiger partial charge in [0.15, 0.2) is 5.78 Å². The van der Waals surface area contributed by atoms with Crippen molar-refractivity contribution in [1.29, 1.82) is 0 Å². The lowest BCUT2D eigenvalue weighted by Gasteiger charge is -2.23. The number of benzene rings is 4. The van der Waals surface area contributed by atoms with E-state index in [9.17, 15) is 22.8 Å². The first-order valence-electron chi connectivity index (χ1n) is 11.7. The average molecular weight is 546 g/mol. The van der Waals surface area contributed by atoms with Crippen molar-refractivity contribution in [2.75, 3.05) is 4.90 Å². The van der Waals surface area contributed by atoms with Gasteiger partial charge in [-0.05, 0) is 35.9 Å². The number of pyridine rings is 1. The molecule has 194 valence electrons. The molecule has 0 unspecified atom stereocenters. The molecule has 39 heavy (non-hydrogen) atoms. The summed E-state index contributed by atoms with van der Waals surface area (Å²) in [6.07, 6.45) is -3.50. The second-order valence-electron chi connectivity index (χ2n) is 8.62. The topological polar surface area (TPSA) is 76.3 Å². The van der Waals surface area contributed by atoms with Crippen LogP contribution in [0.1, 0.15) is 21.5 Å². The van der Waals surface area contributed by atoms with Crippen LogP contribution in [0.15, 0.2) is 103 Å². The number of carbonyl (C=O) groups excluding carboxylic acids is 2. The van der Waals surface area contributed by atoms with Gasteiger partial charge < -0.3 is 5.73 Å². The number of primary amides is 1. The molecule has 0 saturated heterocycles. The lowest BCUT2D eigenvalue weighted by molar-refractivity contribution is -0.136. The molecule has 0 atom stereocenters. The second-order valence-corrected chi connectivity index (χ2v) is 9.02. The summed E-state index contributed by atoms with van der Waals surface area (Å²) in [7, 11) is 0. The van der Waals surface area contributed by atoms with Crippen LogP contribution in [0, 0.1) is 0 Å². The molecular formula is C30H19ClF3N3O2. The highest BCUT2D eigenvalue weighted by molar-refractivity contribution is 6.34. The van der Waals surface area contributed by atoms with E-state index < -0.39 is 23.6 Å². The molecule has 5 nitrogen and oxygen atoms in total. The third kappa shape index (κ3) is 4.94. The zero-order valence-corrected chi connectivity index (χ0v) is 20.9. The van der Waals surface area contributed by atoms with Crippen LogP contribution in [-0.2, 0) is 6.18 Å². The van der Waals surface area contributed by atoms with Crippen molar-refractivity contribution in [2.24, 2.45) is 5.73 Å². The number of urea groups is 1. The fourth-order valence-corrected chi connectivity index (χ4v) is 4.72. The molecular weight excluding hydrogens is 527 g/mol. The van der Waals surface area contributed by atoms with E-state index >= 15 is 0 Å². The number of fused-ring (bicyclic) bond motifs is 1. The Morgan fingerprint density at radius 3 is 2.23 bits per heavy atom. The molecule has 1 aromatic heterocycles. The number of alkyl halides is 3. The maximum Gasteiger partial charge on any atom is 0.418 e. The van der Waals surface area contributed by atoms with E-state index in [1.54, 1.807) is 78.9 Å². The lowest BCUT2D eigenvalue weighted by Crippen LogP contribution is -2.31. The Balaban J connectivity index is 1.79. The molecule has 5 rings (SSSR count). The van der Waals surface area contributed by atoms with E-state index in [0.717, 1.165) is 12.3 Å². The molecule has 2 amide bonds. The summed E-state index contributed by atoms with van der Waals surface area (Å²) in [5.41, 5.74) is 6.20. The Morgan fingerprint density at radius 2 is 1.54 bits per heavy atom. The van der Waals surface area contributed by atoms with E-state index in [0.29, 0.717) is 22.5 Å². The van der Waals surface area contributed by atoms with Gasteiger partial charge >= 0.3 is 12.2 Å². The van der Waals surface area contributed by atoms with Crippen molar-refractivity contribution < 1.29 is 22.8 Å². The maximum absolute atomic E-state index is 13.9. The molecule has 0 fully saturated rings. The molecule has 1 heterocycles. The molecule has 0 aliphatic heterocycles. The van der Waals surface area contributed by atoms with Gasteiger partial charge in [-0.15, -0.1) is 0 Å². The number of rotatable bonds is 5. The van der Waals surface area contributed by atoms with E-state index in [1.807, 2.05) is 0 Å². The van der Waals surface area contributed by atoms with Crippen molar-refractivity contribution in [3.63, 3.8) is 0 Å². The van der Waals surface area contributed by atoms with Crippen LogP contribution in [0.25, 0.3) is 22.0 Å². The summed E-state index contributed by atoms with van der Waals surface area (Å²) in [6, 6.07) is 24.3. The first-order chi connectivity index (χ1) is 18.7. The van der Waals surface area contributed by atoms with Crippen molar-refractivity contribution in [1.82, 2.24) is 4.98 Å². The molecule has 0 aliphatic rings. The highest BCUT2D eigenvalue weighted by atomic mass is 35.5. The Bertz CT molecular complexity index is 1720. The van der Waals surface area contributed by atoms with Gasteiger partial charge in [-0.3, -0.25) is 14.7 Å². The molecule has 0 radical (unpaired) electrons. The lowest BCUT2D eigenvalue weighted by atomic mass is 9.91. The standard InChI is InChI=1S/C30H19ClF3N3O2/c31-24-14-4-5-15-25(24)37(29(35)39)20-11-6-10-19(16-20)26-21-12-7-13-23(30(32,33)34)27(21)36-17-22(26)28(38)18-8-2-1-3-9-18/h1-17H,(H2,35,39). The maximum atomic E-state index is 13.9. The molecule has 5 aromatic rings. The van der Waals surface area contributed by atoms with Crippen LogP contribution in [0.3, 0.4) is 0 Å². The van der Waals surface area contributed by atoms with Crippen molar-refractivity contribution in [3.8, 4) is 11.1 Å². The van der Waals surface area contributed by atoms with Crippen molar-refractivity contribution >= 4 is 45.7 Å². The number of halogens is 4. The Morgan fingerprint density at radius 1 is 0.846 bits per heavy atom. The molecule has 0 saturated carbocycles. The summed E-state index contributed by atoms with van der Waals surface area (Å²) in [5, 5.41) is 0.401. The SMILES string of the molecule is NC(=O)N(c1cccc(-c2c(C(=O)c3ccccc3)cnc3c(C(F)(F)F)cccc23)c1)c1ccccc1Cl. The average Bonchev–Trinajstić information content (AvgIpc) is 2.93. The highest BCUT2D eigenvalue weighted by Crippen LogP contribution is 2.40. The molecule has 0 bridgehead atoms. The molecule has 9 heteroatoms. The zero-order valence-electron chi connectivity index (χ0n) is 20.1. The predicted molar refractivity (Wildman–Crippen MR) is 145 cm³/mol. The normalized spacial score (nSPS) is 11.4. The third-order valence-corrected chi connectivity index (χ3v) is 6.51. The fourth-order valence-electron chi connectivity index (χ4n) is 4.50. The second kappa shape index (κ2) is 10.2. The Hall–Kier alpha value is -4.69. The van der Waals surface area contributed by atoms with Gasteiger partial charge in [0.05, 0.1) is 27.5 Å². The van der Waals surface area contributed by atoms with E-state index in [1.165, 1.54) is 17.0 Å². The minimum Gasteiger partial charge on any atom is -0.351 e. The van der Waals surface area contributed by atoms with Crippen molar-refractivity contribution in [2.45, 2.75) is 6.18 Å². The minimum absolute atomic E-state index is 0.105. The smallest absolute Gasteiger partial charge is 0.351 e. The summed E-state index contributed by atoms with van der Waals surface area (Å²) in [4.78, 5) is 31.4. The van der Waals surface area contributed by atoms with Crippen molar-refractivity contribution in [3.05, 3.63) is 125 Å². The first-order valence-corrected chi connectivity index (χ1v) is 12.1. The molecule has 0 aliphatic carbocycles. The number of hydrogen-bond donors (Lipinski definition) is 1. The number of para-hydroxylation sites is 2. The molecule has 0 spiro atoms. The fraction of sp³-hybridized carbons (Fsp3) is 0.0333. The van der Waals surface area contributed by atoms with Gasteiger partial charge in [-0.25, -0.2) is 4.79 Å². The number of carbonyl (C=O) groups is 2. The summed E-state index contributed by atoms with van der Waals surface area (Å²) >= 11 is 6.33. The third-order valence-electron chi connectivity index (χ3n) is 6.19.